The van der Waals surface area contributed by atoms with Crippen LogP contribution in [0.5, 0.6) is 0 Å². The summed E-state index contributed by atoms with van der Waals surface area (Å²) in [7, 11) is 0. The minimum absolute atomic E-state index is 0.0204. The van der Waals surface area contributed by atoms with E-state index < -0.39 is 17.8 Å². The van der Waals surface area contributed by atoms with Crippen LogP contribution >= 0.6 is 0 Å². The highest BCUT2D eigenvalue weighted by Crippen LogP contribution is 2.89. The molecule has 2 spiro atoms. The molecule has 6 rings (SSSR count). The fourth-order valence-corrected chi connectivity index (χ4v) is 12.7. The van der Waals surface area contributed by atoms with Crippen LogP contribution in [0.3, 0.4) is 0 Å². The molecule has 1 saturated heterocycles. The Morgan fingerprint density at radius 3 is 2.21 bits per heavy atom. The number of aliphatic hydroxyl groups is 3. The zero-order chi connectivity index (χ0) is 27.8. The van der Waals surface area contributed by atoms with Crippen molar-refractivity contribution in [2.75, 3.05) is 0 Å². The second-order valence-corrected chi connectivity index (χ2v) is 16.8. The summed E-state index contributed by atoms with van der Waals surface area (Å²) in [6.45, 7) is 19.8. The molecule has 5 nitrogen and oxygen atoms in total. The molecule has 1 aliphatic heterocycles. The number of hydrogen-bond acceptors (Lipinski definition) is 5. The number of fused-ring (bicyclic) bond motifs is 4. The SMILES string of the molecule is CC(C)OC(C)(C)[C@H](O)C1C[C@@H](C)[C@H]2C(O1)[C@H](O)[C@@]1(C)C3CC[C@H]4C(C)(C)C(O)CCC45CC35CCC21C. The van der Waals surface area contributed by atoms with Crippen LogP contribution in [0.15, 0.2) is 0 Å². The number of ether oxygens (including phenoxy) is 2. The summed E-state index contributed by atoms with van der Waals surface area (Å²) in [5.74, 6) is 1.75. The topological polar surface area (TPSA) is 79.2 Å². The van der Waals surface area contributed by atoms with Gasteiger partial charge in [-0.25, -0.2) is 0 Å². The molecule has 0 aromatic rings. The first kappa shape index (κ1) is 27.9. The van der Waals surface area contributed by atoms with Gasteiger partial charge in [-0.3, -0.25) is 0 Å². The Morgan fingerprint density at radius 1 is 0.921 bits per heavy atom. The maximum Gasteiger partial charge on any atom is 0.109 e. The normalized spacial score (nSPS) is 55.8. The maximum absolute atomic E-state index is 12.3. The van der Waals surface area contributed by atoms with E-state index in [9.17, 15) is 15.3 Å². The monoisotopic (exact) mass is 532 g/mol. The van der Waals surface area contributed by atoms with Gasteiger partial charge < -0.3 is 24.8 Å². The van der Waals surface area contributed by atoms with E-state index in [-0.39, 0.29) is 40.7 Å². The molecule has 3 N–H and O–H groups in total. The van der Waals surface area contributed by atoms with E-state index in [1.165, 1.54) is 19.3 Å². The third kappa shape index (κ3) is 3.18. The quantitative estimate of drug-likeness (QED) is 0.431. The van der Waals surface area contributed by atoms with Gasteiger partial charge in [0.15, 0.2) is 0 Å². The Labute approximate surface area is 231 Å². The van der Waals surface area contributed by atoms with Crippen molar-refractivity contribution in [2.45, 2.75) is 156 Å². The van der Waals surface area contributed by atoms with Crippen LogP contribution in [0, 0.1) is 50.7 Å². The highest BCUT2D eigenvalue weighted by molar-refractivity contribution is 5.32. The van der Waals surface area contributed by atoms with Crippen LogP contribution in [0.2, 0.25) is 0 Å². The Balaban J connectivity index is 1.32. The van der Waals surface area contributed by atoms with E-state index in [0.29, 0.717) is 34.5 Å². The van der Waals surface area contributed by atoms with Gasteiger partial charge in [0.05, 0.1) is 36.1 Å². The van der Waals surface area contributed by atoms with Crippen molar-refractivity contribution < 1.29 is 24.8 Å². The first-order valence-electron chi connectivity index (χ1n) is 15.9. The predicted octanol–water partition coefficient (Wildman–Crippen LogP) is 5.73. The zero-order valence-corrected chi connectivity index (χ0v) is 25.6. The smallest absolute Gasteiger partial charge is 0.109 e. The summed E-state index contributed by atoms with van der Waals surface area (Å²) in [6.07, 6.45) is 6.89. The van der Waals surface area contributed by atoms with Gasteiger partial charge in [-0.1, -0.05) is 34.6 Å². The highest BCUT2D eigenvalue weighted by atomic mass is 16.5. The molecule has 6 fully saturated rings. The van der Waals surface area contributed by atoms with Crippen molar-refractivity contribution in [2.24, 2.45) is 50.7 Å². The van der Waals surface area contributed by atoms with E-state index in [2.05, 4.69) is 34.6 Å². The Kier molecular flexibility index (Phi) is 6.04. The van der Waals surface area contributed by atoms with Gasteiger partial charge in [0, 0.05) is 5.41 Å². The average Bonchev–Trinajstić information content (AvgIpc) is 3.45. The summed E-state index contributed by atoms with van der Waals surface area (Å²) in [4.78, 5) is 0. The van der Waals surface area contributed by atoms with Crippen LogP contribution < -0.4 is 0 Å². The van der Waals surface area contributed by atoms with Gasteiger partial charge in [0.1, 0.15) is 6.10 Å². The molecule has 1 heterocycles. The Bertz CT molecular complexity index is 961. The van der Waals surface area contributed by atoms with Crippen molar-refractivity contribution in [1.29, 1.82) is 0 Å². The first-order chi connectivity index (χ1) is 17.5. The lowest BCUT2D eigenvalue weighted by atomic mass is 9.41. The maximum atomic E-state index is 12.3. The third-order valence-electron chi connectivity index (χ3n) is 14.4. The van der Waals surface area contributed by atoms with E-state index in [1.54, 1.807) is 0 Å². The van der Waals surface area contributed by atoms with Crippen LogP contribution in [0.25, 0.3) is 0 Å². The molecule has 0 bridgehead atoms. The molecule has 38 heavy (non-hydrogen) atoms. The number of aliphatic hydroxyl groups excluding tert-OH is 3. The standard InChI is InChI=1S/C33H56O5/c1-18(2)38-29(6,7)26(35)20-16-19(3)24-25(37-20)27(36)31(9)22-11-10-21-28(4,5)23(34)12-13-32(21)17-33(22,32)15-14-30(24,31)8/h18-27,34-36H,10-17H2,1-9H3/t19-,20?,21+,22?,23?,24+,25?,26-,27+,30?,31-,32?,33?/m1/s1. The van der Waals surface area contributed by atoms with Crippen molar-refractivity contribution in [3.63, 3.8) is 0 Å². The molecule has 0 amide bonds. The lowest BCUT2D eigenvalue weighted by molar-refractivity contribution is -0.218. The van der Waals surface area contributed by atoms with Crippen molar-refractivity contribution in [3.8, 4) is 0 Å². The lowest BCUT2D eigenvalue weighted by Gasteiger charge is -2.63. The first-order valence-corrected chi connectivity index (χ1v) is 15.9. The summed E-state index contributed by atoms with van der Waals surface area (Å²) in [5.41, 5.74) is -0.260. The largest absolute Gasteiger partial charge is 0.393 e. The van der Waals surface area contributed by atoms with Gasteiger partial charge in [-0.2, -0.15) is 0 Å². The summed E-state index contributed by atoms with van der Waals surface area (Å²) < 4.78 is 12.9. The van der Waals surface area contributed by atoms with E-state index >= 15 is 0 Å². The Hall–Kier alpha value is -0.200. The van der Waals surface area contributed by atoms with Gasteiger partial charge >= 0.3 is 0 Å². The molecular formula is C33H56O5. The van der Waals surface area contributed by atoms with E-state index in [0.717, 1.165) is 32.1 Å². The van der Waals surface area contributed by atoms with Crippen molar-refractivity contribution in [1.82, 2.24) is 0 Å². The molecule has 13 atom stereocenters. The number of rotatable bonds is 4. The van der Waals surface area contributed by atoms with Crippen LogP contribution in [0.4, 0.5) is 0 Å². The second kappa shape index (κ2) is 8.21. The van der Waals surface area contributed by atoms with Gasteiger partial charge in [0.25, 0.3) is 0 Å². The molecule has 0 aromatic heterocycles. The summed E-state index contributed by atoms with van der Waals surface area (Å²) in [5, 5.41) is 34.7. The van der Waals surface area contributed by atoms with Crippen LogP contribution in [-0.4, -0.2) is 57.5 Å². The third-order valence-corrected chi connectivity index (χ3v) is 14.4. The molecule has 218 valence electrons. The average molecular weight is 533 g/mol. The molecule has 5 heteroatoms. The summed E-state index contributed by atoms with van der Waals surface area (Å²) in [6, 6.07) is 0. The molecule has 0 aromatic carbocycles. The molecular weight excluding hydrogens is 476 g/mol. The van der Waals surface area contributed by atoms with Crippen LogP contribution in [-0.2, 0) is 9.47 Å². The molecule has 5 aliphatic carbocycles. The summed E-state index contributed by atoms with van der Waals surface area (Å²) >= 11 is 0. The zero-order valence-electron chi connectivity index (χ0n) is 25.6. The highest BCUT2D eigenvalue weighted by Gasteiger charge is 2.84. The molecule has 6 aliphatic rings. The van der Waals surface area contributed by atoms with Gasteiger partial charge in [0.2, 0.25) is 0 Å². The predicted molar refractivity (Wildman–Crippen MR) is 148 cm³/mol. The number of hydrogen-bond donors (Lipinski definition) is 3. The Morgan fingerprint density at radius 2 is 1.55 bits per heavy atom. The fraction of sp³-hybridized carbons (Fsp3) is 1.00. The van der Waals surface area contributed by atoms with Crippen molar-refractivity contribution >= 4 is 0 Å². The van der Waals surface area contributed by atoms with E-state index in [4.69, 9.17) is 9.47 Å². The van der Waals surface area contributed by atoms with E-state index in [1.807, 2.05) is 27.7 Å². The van der Waals surface area contributed by atoms with Crippen molar-refractivity contribution in [3.05, 3.63) is 0 Å². The second-order valence-electron chi connectivity index (χ2n) is 16.8. The minimum atomic E-state index is -0.742. The van der Waals surface area contributed by atoms with Gasteiger partial charge in [-0.15, -0.1) is 0 Å². The van der Waals surface area contributed by atoms with Crippen LogP contribution in [0.1, 0.15) is 114 Å². The lowest BCUT2D eigenvalue weighted by Crippen LogP contribution is -2.59. The minimum Gasteiger partial charge on any atom is -0.393 e. The van der Waals surface area contributed by atoms with Gasteiger partial charge in [-0.05, 0) is 124 Å². The fourth-order valence-electron chi connectivity index (χ4n) is 12.7. The molecule has 7 unspecified atom stereocenters. The molecule has 5 saturated carbocycles. The molecule has 0 radical (unpaired) electrons.